The monoisotopic (exact) mass is 295 g/mol. The number of anilines is 1. The Labute approximate surface area is 131 Å². The van der Waals surface area contributed by atoms with Gasteiger partial charge in [-0.2, -0.15) is 0 Å². The Bertz CT molecular complexity index is 682. The van der Waals surface area contributed by atoms with Crippen LogP contribution >= 0.6 is 0 Å². The highest BCUT2D eigenvalue weighted by atomic mass is 15.4. The fraction of sp³-hybridized carbons (Fsp3) is 0.333. The zero-order chi connectivity index (χ0) is 15.1. The summed E-state index contributed by atoms with van der Waals surface area (Å²) >= 11 is 0. The van der Waals surface area contributed by atoms with Crippen molar-refractivity contribution in [3.63, 3.8) is 0 Å². The summed E-state index contributed by atoms with van der Waals surface area (Å²) in [5.41, 5.74) is 15.7. The maximum atomic E-state index is 6.04. The molecule has 4 nitrogen and oxygen atoms in total. The maximum Gasteiger partial charge on any atom is 0.195 e. The third-order valence-electron chi connectivity index (χ3n) is 4.98. The molecule has 0 aromatic heterocycles. The van der Waals surface area contributed by atoms with E-state index >= 15 is 0 Å². The molecule has 2 aromatic rings. The van der Waals surface area contributed by atoms with Crippen LogP contribution in [0.15, 0.2) is 48.5 Å². The highest BCUT2D eigenvalue weighted by molar-refractivity contribution is 5.60. The highest BCUT2D eigenvalue weighted by Crippen LogP contribution is 2.38. The summed E-state index contributed by atoms with van der Waals surface area (Å²) in [7, 11) is 0. The molecule has 2 aromatic carbocycles. The Hall–Kier alpha value is -1.88. The Morgan fingerprint density at radius 3 is 2.55 bits per heavy atom. The predicted octanol–water partition coefficient (Wildman–Crippen LogP) is 0.938. The van der Waals surface area contributed by atoms with Crippen LogP contribution in [0.5, 0.6) is 0 Å². The smallest absolute Gasteiger partial charge is 0.195 e. The topological polar surface area (TPSA) is 60.1 Å². The summed E-state index contributed by atoms with van der Waals surface area (Å²) < 4.78 is 0. The van der Waals surface area contributed by atoms with Crippen LogP contribution in [0.1, 0.15) is 22.7 Å². The lowest BCUT2D eigenvalue weighted by atomic mass is 9.96. The van der Waals surface area contributed by atoms with Crippen LogP contribution in [0.25, 0.3) is 0 Å². The first-order valence-electron chi connectivity index (χ1n) is 7.99. The number of rotatable bonds is 1. The molecule has 0 saturated carbocycles. The van der Waals surface area contributed by atoms with Gasteiger partial charge < -0.3 is 10.6 Å². The van der Waals surface area contributed by atoms with E-state index in [1.54, 1.807) is 0 Å². The van der Waals surface area contributed by atoms with Crippen molar-refractivity contribution in [1.29, 1.82) is 0 Å². The van der Waals surface area contributed by atoms with E-state index in [9.17, 15) is 0 Å². The first kappa shape index (κ1) is 13.8. The van der Waals surface area contributed by atoms with Gasteiger partial charge in [0.1, 0.15) is 0 Å². The fourth-order valence-electron chi connectivity index (χ4n) is 3.83. The SMILES string of the molecule is NC([NH3+])N1CCN2c3ccccc3Cc3ccccc3C2C1. The summed E-state index contributed by atoms with van der Waals surface area (Å²) in [6.45, 7) is 2.91. The van der Waals surface area contributed by atoms with Crippen molar-refractivity contribution in [2.45, 2.75) is 18.8 Å². The molecule has 0 radical (unpaired) electrons. The normalized spacial score (nSPS) is 22.3. The van der Waals surface area contributed by atoms with Crippen LogP contribution < -0.4 is 16.4 Å². The molecule has 2 aliphatic heterocycles. The van der Waals surface area contributed by atoms with E-state index in [4.69, 9.17) is 5.73 Å². The first-order chi connectivity index (χ1) is 10.7. The average molecular weight is 295 g/mol. The summed E-state index contributed by atoms with van der Waals surface area (Å²) in [6, 6.07) is 18.0. The molecular weight excluding hydrogens is 272 g/mol. The highest BCUT2D eigenvalue weighted by Gasteiger charge is 2.34. The lowest BCUT2D eigenvalue weighted by Gasteiger charge is -2.43. The van der Waals surface area contributed by atoms with Crippen LogP contribution in [0, 0.1) is 0 Å². The van der Waals surface area contributed by atoms with Gasteiger partial charge in [-0.1, -0.05) is 42.5 Å². The van der Waals surface area contributed by atoms with E-state index in [2.05, 4.69) is 64.1 Å². The van der Waals surface area contributed by atoms with Gasteiger partial charge in [0, 0.05) is 25.3 Å². The van der Waals surface area contributed by atoms with Crippen LogP contribution in [-0.2, 0) is 6.42 Å². The van der Waals surface area contributed by atoms with E-state index in [1.165, 1.54) is 22.4 Å². The van der Waals surface area contributed by atoms with Gasteiger partial charge in [0.25, 0.3) is 0 Å². The maximum absolute atomic E-state index is 6.04. The molecular formula is C18H23N4+. The number of benzene rings is 2. The number of nitrogens with zero attached hydrogens (tertiary/aromatic N) is 2. The predicted molar refractivity (Wildman–Crippen MR) is 88.2 cm³/mol. The van der Waals surface area contributed by atoms with Crippen LogP contribution in [-0.4, -0.2) is 30.8 Å². The molecule has 2 aliphatic rings. The lowest BCUT2D eigenvalue weighted by molar-refractivity contribution is -0.457. The third kappa shape index (κ3) is 2.20. The molecule has 4 heteroatoms. The van der Waals surface area contributed by atoms with Crippen molar-refractivity contribution in [2.24, 2.45) is 5.73 Å². The zero-order valence-electron chi connectivity index (χ0n) is 12.8. The molecule has 22 heavy (non-hydrogen) atoms. The van der Waals surface area contributed by atoms with Crippen molar-refractivity contribution in [2.75, 3.05) is 24.5 Å². The van der Waals surface area contributed by atoms with Gasteiger partial charge >= 0.3 is 0 Å². The Morgan fingerprint density at radius 1 is 1.00 bits per heavy atom. The lowest BCUT2D eigenvalue weighted by Crippen LogP contribution is -2.75. The molecule has 2 atom stereocenters. The average Bonchev–Trinajstić information content (AvgIpc) is 2.69. The molecule has 5 N–H and O–H groups in total. The molecule has 1 saturated heterocycles. The quantitative estimate of drug-likeness (QED) is 0.770. The largest absolute Gasteiger partial charge is 0.362 e. The Morgan fingerprint density at radius 2 is 1.73 bits per heavy atom. The number of piperazine rings is 1. The van der Waals surface area contributed by atoms with E-state index in [0.29, 0.717) is 6.04 Å². The Balaban J connectivity index is 1.83. The van der Waals surface area contributed by atoms with Crippen molar-refractivity contribution in [3.05, 3.63) is 65.2 Å². The molecule has 1 fully saturated rings. The van der Waals surface area contributed by atoms with Gasteiger partial charge in [0.05, 0.1) is 6.04 Å². The summed E-state index contributed by atoms with van der Waals surface area (Å²) in [6.07, 6.45) is 0.878. The van der Waals surface area contributed by atoms with Crippen molar-refractivity contribution in [3.8, 4) is 0 Å². The number of fused-ring (bicyclic) bond motifs is 5. The second-order valence-electron chi connectivity index (χ2n) is 6.28. The van der Waals surface area contributed by atoms with E-state index in [1.807, 2.05) is 0 Å². The molecule has 0 bridgehead atoms. The van der Waals surface area contributed by atoms with Crippen molar-refractivity contribution in [1.82, 2.24) is 4.90 Å². The minimum atomic E-state index is -0.132. The molecule has 2 unspecified atom stereocenters. The van der Waals surface area contributed by atoms with Crippen LogP contribution in [0.4, 0.5) is 5.69 Å². The van der Waals surface area contributed by atoms with E-state index in [-0.39, 0.29) is 6.29 Å². The molecule has 114 valence electrons. The van der Waals surface area contributed by atoms with E-state index < -0.39 is 0 Å². The number of nitrogens with two attached hydrogens (primary N) is 1. The molecule has 0 spiro atoms. The zero-order valence-corrected chi connectivity index (χ0v) is 12.8. The number of hydrogen-bond donors (Lipinski definition) is 2. The van der Waals surface area contributed by atoms with Gasteiger partial charge in [-0.3, -0.25) is 5.73 Å². The first-order valence-corrected chi connectivity index (χ1v) is 7.99. The number of para-hydroxylation sites is 1. The van der Waals surface area contributed by atoms with Crippen molar-refractivity contribution < 1.29 is 5.73 Å². The summed E-state index contributed by atoms with van der Waals surface area (Å²) in [4.78, 5) is 4.84. The fourth-order valence-corrected chi connectivity index (χ4v) is 3.83. The summed E-state index contributed by atoms with van der Waals surface area (Å²) in [5.74, 6) is 0. The Kier molecular flexibility index (Phi) is 3.37. The minimum absolute atomic E-state index is 0.132. The second kappa shape index (κ2) is 5.39. The van der Waals surface area contributed by atoms with Gasteiger partial charge in [0.2, 0.25) is 0 Å². The van der Waals surface area contributed by atoms with E-state index in [0.717, 1.165) is 26.1 Å². The number of hydrogen-bond acceptors (Lipinski definition) is 3. The second-order valence-corrected chi connectivity index (χ2v) is 6.28. The van der Waals surface area contributed by atoms with Gasteiger partial charge in [0.15, 0.2) is 6.29 Å². The minimum Gasteiger partial charge on any atom is -0.362 e. The molecule has 4 rings (SSSR count). The third-order valence-corrected chi connectivity index (χ3v) is 4.98. The van der Waals surface area contributed by atoms with Crippen molar-refractivity contribution >= 4 is 5.69 Å². The van der Waals surface area contributed by atoms with Gasteiger partial charge in [-0.15, -0.1) is 0 Å². The molecule has 2 heterocycles. The molecule has 0 aliphatic carbocycles. The van der Waals surface area contributed by atoms with Crippen LogP contribution in [0.2, 0.25) is 0 Å². The van der Waals surface area contributed by atoms with Crippen LogP contribution in [0.3, 0.4) is 0 Å². The summed E-state index contributed by atoms with van der Waals surface area (Å²) in [5, 5.41) is 0. The number of quaternary nitrogens is 1. The standard InChI is InChI=1S/C18H22N4/c19-18(20)21-9-10-22-16-8-4-2-6-14(16)11-13-5-1-3-7-15(13)17(22)12-21/h1-8,17-18H,9-12,19-20H2/p+1. The van der Waals surface area contributed by atoms with Gasteiger partial charge in [-0.25, -0.2) is 4.90 Å². The molecule has 0 amide bonds. The van der Waals surface area contributed by atoms with Gasteiger partial charge in [-0.05, 0) is 29.2 Å².